The average Bonchev–Trinajstić information content (AvgIpc) is 2.81. The van der Waals surface area contributed by atoms with Gasteiger partial charge in [-0.2, -0.15) is 13.2 Å². The van der Waals surface area contributed by atoms with Crippen molar-refractivity contribution in [1.82, 2.24) is 5.32 Å². The van der Waals surface area contributed by atoms with E-state index in [0.29, 0.717) is 19.4 Å². The SMILES string of the molecule is CCNC(c1sccc1C)C1CCCCC1C(F)(F)F. The lowest BCUT2D eigenvalue weighted by atomic mass is 9.74. The third-order valence-corrected chi connectivity index (χ3v) is 5.38. The Hall–Kier alpha value is -0.550. The second-order valence-electron chi connectivity index (χ2n) is 5.60. The van der Waals surface area contributed by atoms with Crippen LogP contribution < -0.4 is 5.32 Å². The van der Waals surface area contributed by atoms with E-state index < -0.39 is 12.1 Å². The van der Waals surface area contributed by atoms with Crippen molar-refractivity contribution < 1.29 is 13.2 Å². The standard InChI is InChI=1S/C15H22F3NS/c1-3-19-13(14-10(2)8-9-20-14)11-6-4-5-7-12(11)15(16,17)18/h8-9,11-13,19H,3-7H2,1-2H3. The number of hydrogen-bond acceptors (Lipinski definition) is 2. The van der Waals surface area contributed by atoms with E-state index in [9.17, 15) is 13.2 Å². The molecular weight excluding hydrogens is 283 g/mol. The van der Waals surface area contributed by atoms with E-state index in [-0.39, 0.29) is 18.4 Å². The highest BCUT2D eigenvalue weighted by atomic mass is 32.1. The van der Waals surface area contributed by atoms with Gasteiger partial charge in [-0.25, -0.2) is 0 Å². The molecule has 0 aromatic carbocycles. The molecule has 1 aromatic rings. The van der Waals surface area contributed by atoms with Crippen LogP contribution in [-0.2, 0) is 0 Å². The van der Waals surface area contributed by atoms with Gasteiger partial charge in [0.2, 0.25) is 0 Å². The molecule has 1 fully saturated rings. The van der Waals surface area contributed by atoms with E-state index >= 15 is 0 Å². The van der Waals surface area contributed by atoms with Crippen LogP contribution in [0.25, 0.3) is 0 Å². The van der Waals surface area contributed by atoms with Gasteiger partial charge in [0.1, 0.15) is 0 Å². The second-order valence-corrected chi connectivity index (χ2v) is 6.55. The van der Waals surface area contributed by atoms with Crippen molar-refractivity contribution in [3.8, 4) is 0 Å². The molecule has 0 bridgehead atoms. The zero-order chi connectivity index (χ0) is 14.8. The Morgan fingerprint density at radius 2 is 2.05 bits per heavy atom. The maximum Gasteiger partial charge on any atom is 0.392 e. The molecule has 1 heterocycles. The van der Waals surface area contributed by atoms with Gasteiger partial charge >= 0.3 is 6.18 Å². The Morgan fingerprint density at radius 3 is 2.60 bits per heavy atom. The molecule has 3 unspecified atom stereocenters. The molecule has 0 aliphatic heterocycles. The van der Waals surface area contributed by atoms with Crippen LogP contribution in [0.1, 0.15) is 49.1 Å². The van der Waals surface area contributed by atoms with Gasteiger partial charge in [-0.3, -0.25) is 0 Å². The van der Waals surface area contributed by atoms with Crippen LogP contribution in [0.3, 0.4) is 0 Å². The van der Waals surface area contributed by atoms with E-state index in [1.54, 1.807) is 11.3 Å². The predicted octanol–water partition coefficient (Wildman–Crippen LogP) is 5.08. The topological polar surface area (TPSA) is 12.0 Å². The van der Waals surface area contributed by atoms with Crippen molar-refractivity contribution in [2.24, 2.45) is 11.8 Å². The molecule has 0 spiro atoms. The number of aryl methyl sites for hydroxylation is 1. The van der Waals surface area contributed by atoms with Crippen molar-refractivity contribution >= 4 is 11.3 Å². The first-order valence-corrected chi connectivity index (χ1v) is 8.17. The zero-order valence-electron chi connectivity index (χ0n) is 12.0. The van der Waals surface area contributed by atoms with E-state index in [0.717, 1.165) is 16.9 Å². The zero-order valence-corrected chi connectivity index (χ0v) is 12.8. The van der Waals surface area contributed by atoms with Crippen molar-refractivity contribution in [1.29, 1.82) is 0 Å². The summed E-state index contributed by atoms with van der Waals surface area (Å²) in [5.74, 6) is -1.50. The van der Waals surface area contributed by atoms with Crippen LogP contribution >= 0.6 is 11.3 Å². The fraction of sp³-hybridized carbons (Fsp3) is 0.733. The largest absolute Gasteiger partial charge is 0.392 e. The van der Waals surface area contributed by atoms with Crippen molar-refractivity contribution in [2.45, 2.75) is 51.7 Å². The van der Waals surface area contributed by atoms with Gasteiger partial charge in [-0.15, -0.1) is 11.3 Å². The van der Waals surface area contributed by atoms with Crippen molar-refractivity contribution in [3.63, 3.8) is 0 Å². The highest BCUT2D eigenvalue weighted by molar-refractivity contribution is 7.10. The summed E-state index contributed by atoms with van der Waals surface area (Å²) < 4.78 is 39.9. The summed E-state index contributed by atoms with van der Waals surface area (Å²) >= 11 is 1.57. The molecular formula is C15H22F3NS. The van der Waals surface area contributed by atoms with E-state index in [1.807, 2.05) is 25.3 Å². The summed E-state index contributed by atoms with van der Waals surface area (Å²) in [6.07, 6.45) is -1.53. The quantitative estimate of drug-likeness (QED) is 0.818. The molecule has 1 N–H and O–H groups in total. The minimum atomic E-state index is -4.08. The van der Waals surface area contributed by atoms with Gasteiger partial charge in [0.25, 0.3) is 0 Å². The van der Waals surface area contributed by atoms with E-state index in [2.05, 4.69) is 5.32 Å². The maximum atomic E-state index is 13.3. The molecule has 3 atom stereocenters. The monoisotopic (exact) mass is 305 g/mol. The first-order valence-electron chi connectivity index (χ1n) is 7.29. The lowest BCUT2D eigenvalue weighted by molar-refractivity contribution is -0.199. The molecule has 1 aliphatic rings. The summed E-state index contributed by atoms with van der Waals surface area (Å²) in [6, 6.07) is 1.84. The molecule has 0 amide bonds. The fourth-order valence-corrected chi connectivity index (χ4v) is 4.40. The Morgan fingerprint density at radius 1 is 1.35 bits per heavy atom. The average molecular weight is 305 g/mol. The van der Waals surface area contributed by atoms with Gasteiger partial charge < -0.3 is 5.32 Å². The lowest BCUT2D eigenvalue weighted by Gasteiger charge is -2.38. The van der Waals surface area contributed by atoms with Crippen molar-refractivity contribution in [2.75, 3.05) is 6.54 Å². The molecule has 0 saturated heterocycles. The number of halogens is 3. The summed E-state index contributed by atoms with van der Waals surface area (Å²) in [4.78, 5) is 1.08. The highest BCUT2D eigenvalue weighted by Crippen LogP contribution is 2.47. The second kappa shape index (κ2) is 6.48. The number of alkyl halides is 3. The number of thiophene rings is 1. The minimum absolute atomic E-state index is 0.160. The van der Waals surface area contributed by atoms with E-state index in [1.165, 1.54) is 0 Å². The van der Waals surface area contributed by atoms with Gasteiger partial charge in [-0.1, -0.05) is 19.8 Å². The van der Waals surface area contributed by atoms with Gasteiger partial charge in [-0.05, 0) is 49.2 Å². The first kappa shape index (κ1) is 15.8. The molecule has 1 nitrogen and oxygen atoms in total. The summed E-state index contributed by atoms with van der Waals surface area (Å²) in [6.45, 7) is 4.64. The predicted molar refractivity (Wildman–Crippen MR) is 77.0 cm³/mol. The molecule has 20 heavy (non-hydrogen) atoms. The van der Waals surface area contributed by atoms with Gasteiger partial charge in [0.15, 0.2) is 0 Å². The summed E-state index contributed by atoms with van der Waals surface area (Å²) in [5.41, 5.74) is 1.10. The number of nitrogens with one attached hydrogen (secondary N) is 1. The normalized spacial score (nSPS) is 25.6. The van der Waals surface area contributed by atoms with Crippen LogP contribution in [0.5, 0.6) is 0 Å². The Labute approximate surface area is 122 Å². The third kappa shape index (κ3) is 3.37. The van der Waals surface area contributed by atoms with Crippen LogP contribution in [0.2, 0.25) is 0 Å². The Bertz CT molecular complexity index is 427. The molecule has 0 radical (unpaired) electrons. The van der Waals surface area contributed by atoms with Crippen LogP contribution in [0, 0.1) is 18.8 Å². The van der Waals surface area contributed by atoms with Crippen LogP contribution in [0.4, 0.5) is 13.2 Å². The summed E-state index contributed by atoms with van der Waals surface area (Å²) in [7, 11) is 0. The summed E-state index contributed by atoms with van der Waals surface area (Å²) in [5, 5.41) is 5.28. The molecule has 1 aromatic heterocycles. The number of hydrogen-bond donors (Lipinski definition) is 1. The number of rotatable bonds is 4. The van der Waals surface area contributed by atoms with Gasteiger partial charge in [0.05, 0.1) is 5.92 Å². The van der Waals surface area contributed by atoms with Gasteiger partial charge in [0, 0.05) is 10.9 Å². The molecule has 2 rings (SSSR count). The smallest absolute Gasteiger partial charge is 0.309 e. The third-order valence-electron chi connectivity index (χ3n) is 4.28. The molecule has 114 valence electrons. The Kier molecular flexibility index (Phi) is 5.13. The fourth-order valence-electron chi connectivity index (χ4n) is 3.33. The Balaban J connectivity index is 2.29. The van der Waals surface area contributed by atoms with Crippen LogP contribution in [-0.4, -0.2) is 12.7 Å². The maximum absolute atomic E-state index is 13.3. The first-order chi connectivity index (χ1) is 9.45. The lowest BCUT2D eigenvalue weighted by Crippen LogP contribution is -2.40. The molecule has 5 heteroatoms. The molecule has 1 aliphatic carbocycles. The van der Waals surface area contributed by atoms with E-state index in [4.69, 9.17) is 0 Å². The van der Waals surface area contributed by atoms with Crippen LogP contribution in [0.15, 0.2) is 11.4 Å². The molecule has 1 saturated carbocycles. The van der Waals surface area contributed by atoms with Crippen molar-refractivity contribution in [3.05, 3.63) is 21.9 Å². The minimum Gasteiger partial charge on any atom is -0.309 e. The highest BCUT2D eigenvalue weighted by Gasteiger charge is 2.48.